The fourth-order valence-corrected chi connectivity index (χ4v) is 1.73. The second kappa shape index (κ2) is 4.41. The Bertz CT molecular complexity index is 641. The first-order chi connectivity index (χ1) is 8.83. The van der Waals surface area contributed by atoms with E-state index in [1.165, 1.54) is 5.56 Å². The zero-order valence-corrected chi connectivity index (χ0v) is 9.99. The van der Waals surface area contributed by atoms with Crippen molar-refractivity contribution in [3.05, 3.63) is 60.6 Å². The van der Waals surface area contributed by atoms with Crippen LogP contribution in [0.15, 0.2) is 55.0 Å². The molecule has 1 aromatic carbocycles. The van der Waals surface area contributed by atoms with E-state index < -0.39 is 0 Å². The van der Waals surface area contributed by atoms with Crippen LogP contribution in [-0.2, 0) is 0 Å². The largest absolute Gasteiger partial charge is 0.264 e. The zero-order valence-electron chi connectivity index (χ0n) is 9.99. The van der Waals surface area contributed by atoms with Crippen LogP contribution in [-0.4, -0.2) is 20.0 Å². The molecule has 0 unspecified atom stereocenters. The van der Waals surface area contributed by atoms with Gasteiger partial charge < -0.3 is 0 Å². The van der Waals surface area contributed by atoms with Crippen LogP contribution >= 0.6 is 0 Å². The monoisotopic (exact) mass is 236 g/mol. The summed E-state index contributed by atoms with van der Waals surface area (Å²) in [7, 11) is 0. The maximum absolute atomic E-state index is 4.16. The molecule has 4 nitrogen and oxygen atoms in total. The standard InChI is InChI=1S/C14H12N4/c1-11-4-6-13(7-5-11)18-10-14(16-17-18)12-3-2-8-15-9-12/h2-10H,1H3. The van der Waals surface area contributed by atoms with E-state index in [0.29, 0.717) is 0 Å². The number of benzene rings is 1. The highest BCUT2D eigenvalue weighted by atomic mass is 15.4. The van der Waals surface area contributed by atoms with Gasteiger partial charge in [0.1, 0.15) is 5.69 Å². The van der Waals surface area contributed by atoms with Crippen LogP contribution in [0.3, 0.4) is 0 Å². The van der Waals surface area contributed by atoms with Crippen LogP contribution in [0.2, 0.25) is 0 Å². The minimum absolute atomic E-state index is 0.823. The highest BCUT2D eigenvalue weighted by Gasteiger charge is 2.04. The van der Waals surface area contributed by atoms with E-state index in [1.807, 2.05) is 30.5 Å². The van der Waals surface area contributed by atoms with Gasteiger partial charge in [-0.25, -0.2) is 4.68 Å². The first-order valence-corrected chi connectivity index (χ1v) is 5.73. The molecular weight excluding hydrogens is 224 g/mol. The lowest BCUT2D eigenvalue weighted by atomic mass is 10.2. The summed E-state index contributed by atoms with van der Waals surface area (Å²) in [4.78, 5) is 4.08. The molecule has 2 heterocycles. The molecule has 0 amide bonds. The van der Waals surface area contributed by atoms with Gasteiger partial charge in [-0.1, -0.05) is 22.9 Å². The average molecular weight is 236 g/mol. The van der Waals surface area contributed by atoms with Crippen LogP contribution in [0, 0.1) is 6.92 Å². The van der Waals surface area contributed by atoms with Gasteiger partial charge in [0, 0.05) is 18.0 Å². The number of rotatable bonds is 2. The van der Waals surface area contributed by atoms with Crippen molar-refractivity contribution in [3.63, 3.8) is 0 Å². The molecule has 0 N–H and O–H groups in total. The van der Waals surface area contributed by atoms with Crippen LogP contribution in [0.4, 0.5) is 0 Å². The van der Waals surface area contributed by atoms with E-state index in [0.717, 1.165) is 16.9 Å². The molecule has 0 aliphatic rings. The van der Waals surface area contributed by atoms with Gasteiger partial charge in [0.25, 0.3) is 0 Å². The lowest BCUT2D eigenvalue weighted by Crippen LogP contribution is -1.94. The third-order valence-corrected chi connectivity index (χ3v) is 2.75. The van der Waals surface area contributed by atoms with Crippen molar-refractivity contribution in [1.82, 2.24) is 20.0 Å². The number of hydrogen-bond acceptors (Lipinski definition) is 3. The number of aryl methyl sites for hydroxylation is 1. The van der Waals surface area contributed by atoms with Gasteiger partial charge in [0.2, 0.25) is 0 Å². The van der Waals surface area contributed by atoms with Crippen molar-refractivity contribution in [2.45, 2.75) is 6.92 Å². The van der Waals surface area contributed by atoms with E-state index in [4.69, 9.17) is 0 Å². The molecule has 4 heteroatoms. The summed E-state index contributed by atoms with van der Waals surface area (Å²) in [5, 5.41) is 8.29. The fraction of sp³-hybridized carbons (Fsp3) is 0.0714. The first-order valence-electron chi connectivity index (χ1n) is 5.73. The van der Waals surface area contributed by atoms with Crippen molar-refractivity contribution in [3.8, 4) is 16.9 Å². The Morgan fingerprint density at radius 1 is 1.06 bits per heavy atom. The Labute approximate surface area is 105 Å². The maximum Gasteiger partial charge on any atom is 0.115 e. The van der Waals surface area contributed by atoms with Gasteiger partial charge >= 0.3 is 0 Å². The van der Waals surface area contributed by atoms with Crippen molar-refractivity contribution in [2.24, 2.45) is 0 Å². The lowest BCUT2D eigenvalue weighted by Gasteiger charge is -1.99. The van der Waals surface area contributed by atoms with Crippen LogP contribution in [0.1, 0.15) is 5.56 Å². The second-order valence-electron chi connectivity index (χ2n) is 4.13. The van der Waals surface area contributed by atoms with Crippen molar-refractivity contribution in [2.75, 3.05) is 0 Å². The third kappa shape index (κ3) is 2.00. The molecule has 0 spiro atoms. The summed E-state index contributed by atoms with van der Waals surface area (Å²) in [6.45, 7) is 2.06. The quantitative estimate of drug-likeness (QED) is 0.687. The predicted molar refractivity (Wildman–Crippen MR) is 69.3 cm³/mol. The average Bonchev–Trinajstić information content (AvgIpc) is 2.90. The van der Waals surface area contributed by atoms with Gasteiger partial charge in [-0.3, -0.25) is 4.98 Å². The molecule has 0 saturated heterocycles. The molecule has 88 valence electrons. The zero-order chi connectivity index (χ0) is 12.4. The van der Waals surface area contributed by atoms with Crippen LogP contribution < -0.4 is 0 Å². The number of hydrogen-bond donors (Lipinski definition) is 0. The number of pyridine rings is 1. The Kier molecular flexibility index (Phi) is 2.61. The number of aromatic nitrogens is 4. The van der Waals surface area contributed by atoms with Gasteiger partial charge in [0.05, 0.1) is 11.9 Å². The van der Waals surface area contributed by atoms with Crippen molar-refractivity contribution in [1.29, 1.82) is 0 Å². The van der Waals surface area contributed by atoms with Gasteiger partial charge in [-0.05, 0) is 31.2 Å². The Balaban J connectivity index is 1.97. The Morgan fingerprint density at radius 2 is 1.89 bits per heavy atom. The van der Waals surface area contributed by atoms with Crippen LogP contribution in [0.5, 0.6) is 0 Å². The summed E-state index contributed by atoms with van der Waals surface area (Å²) in [5.41, 5.74) is 4.02. The fourth-order valence-electron chi connectivity index (χ4n) is 1.73. The van der Waals surface area contributed by atoms with E-state index >= 15 is 0 Å². The number of nitrogens with zero attached hydrogens (tertiary/aromatic N) is 4. The molecule has 18 heavy (non-hydrogen) atoms. The molecule has 0 fully saturated rings. The molecular formula is C14H12N4. The molecule has 0 aliphatic carbocycles. The summed E-state index contributed by atoms with van der Waals surface area (Å²) >= 11 is 0. The van der Waals surface area contributed by atoms with Crippen molar-refractivity contribution < 1.29 is 0 Å². The smallest absolute Gasteiger partial charge is 0.115 e. The molecule has 3 rings (SSSR count). The minimum atomic E-state index is 0.823. The van der Waals surface area contributed by atoms with E-state index in [2.05, 4.69) is 34.4 Å². The maximum atomic E-state index is 4.16. The summed E-state index contributed by atoms with van der Waals surface area (Å²) in [6.07, 6.45) is 5.43. The molecule has 0 aliphatic heterocycles. The van der Waals surface area contributed by atoms with E-state index in [-0.39, 0.29) is 0 Å². The van der Waals surface area contributed by atoms with Crippen LogP contribution in [0.25, 0.3) is 16.9 Å². The second-order valence-corrected chi connectivity index (χ2v) is 4.13. The van der Waals surface area contributed by atoms with Crippen molar-refractivity contribution >= 4 is 0 Å². The normalized spacial score (nSPS) is 10.5. The Morgan fingerprint density at radius 3 is 2.61 bits per heavy atom. The van der Waals surface area contributed by atoms with Gasteiger partial charge in [-0.2, -0.15) is 0 Å². The Hall–Kier alpha value is -2.49. The summed E-state index contributed by atoms with van der Waals surface area (Å²) in [6, 6.07) is 12.0. The van der Waals surface area contributed by atoms with Gasteiger partial charge in [-0.15, -0.1) is 5.10 Å². The molecule has 2 aromatic heterocycles. The van der Waals surface area contributed by atoms with E-state index in [1.54, 1.807) is 17.1 Å². The molecule has 0 radical (unpaired) electrons. The summed E-state index contributed by atoms with van der Waals surface area (Å²) in [5.74, 6) is 0. The van der Waals surface area contributed by atoms with Gasteiger partial charge in [0.15, 0.2) is 0 Å². The third-order valence-electron chi connectivity index (χ3n) is 2.75. The SMILES string of the molecule is Cc1ccc(-n2cc(-c3cccnc3)nn2)cc1. The molecule has 0 bridgehead atoms. The lowest BCUT2D eigenvalue weighted by molar-refractivity contribution is 0.803. The van der Waals surface area contributed by atoms with E-state index in [9.17, 15) is 0 Å². The highest BCUT2D eigenvalue weighted by Crippen LogP contribution is 2.16. The highest BCUT2D eigenvalue weighted by molar-refractivity contribution is 5.56. The minimum Gasteiger partial charge on any atom is -0.264 e. The predicted octanol–water partition coefficient (Wildman–Crippen LogP) is 2.64. The molecule has 3 aromatic rings. The first kappa shape index (κ1) is 10.7. The molecule has 0 atom stereocenters. The molecule has 0 saturated carbocycles. The topological polar surface area (TPSA) is 43.6 Å². The summed E-state index contributed by atoms with van der Waals surface area (Å²) < 4.78 is 1.77.